The summed E-state index contributed by atoms with van der Waals surface area (Å²) < 4.78 is 0. The first-order valence-electron chi connectivity index (χ1n) is 6.45. The molecule has 0 aliphatic heterocycles. The van der Waals surface area contributed by atoms with Crippen LogP contribution in [0.3, 0.4) is 0 Å². The van der Waals surface area contributed by atoms with Crippen LogP contribution in [-0.2, 0) is 0 Å². The molecule has 19 heavy (non-hydrogen) atoms. The van der Waals surface area contributed by atoms with Crippen LogP contribution in [0, 0.1) is 0 Å². The van der Waals surface area contributed by atoms with E-state index < -0.39 is 0 Å². The number of nitrogens with zero attached hydrogens (tertiary/aromatic N) is 2. The van der Waals surface area contributed by atoms with Crippen LogP contribution >= 0.6 is 0 Å². The second-order valence-electron chi connectivity index (χ2n) is 5.14. The smallest absolute Gasteiger partial charge is 0.251 e. The molecule has 5 heteroatoms. The van der Waals surface area contributed by atoms with Gasteiger partial charge in [-0.3, -0.25) is 9.89 Å². The average Bonchev–Trinajstić information content (AvgIpc) is 2.83. The number of benzene rings is 1. The fraction of sp³-hybridized carbons (Fsp3) is 0.429. The van der Waals surface area contributed by atoms with Gasteiger partial charge < -0.3 is 10.2 Å². The molecule has 5 nitrogen and oxygen atoms in total. The predicted molar refractivity (Wildman–Crippen MR) is 76.2 cm³/mol. The topological polar surface area (TPSA) is 61.0 Å². The zero-order chi connectivity index (χ0) is 13.8. The molecule has 0 aliphatic rings. The van der Waals surface area contributed by atoms with E-state index >= 15 is 0 Å². The van der Waals surface area contributed by atoms with E-state index in [0.717, 1.165) is 23.9 Å². The molecule has 1 unspecified atom stereocenters. The van der Waals surface area contributed by atoms with Gasteiger partial charge in [-0.15, -0.1) is 0 Å². The van der Waals surface area contributed by atoms with Gasteiger partial charge in [0.25, 0.3) is 5.91 Å². The van der Waals surface area contributed by atoms with E-state index in [1.54, 1.807) is 6.20 Å². The van der Waals surface area contributed by atoms with E-state index in [0.29, 0.717) is 5.56 Å². The van der Waals surface area contributed by atoms with Gasteiger partial charge in [0, 0.05) is 17.0 Å². The van der Waals surface area contributed by atoms with Gasteiger partial charge in [0.05, 0.1) is 11.7 Å². The summed E-state index contributed by atoms with van der Waals surface area (Å²) in [6.45, 7) is 2.98. The molecule has 102 valence electrons. The molecule has 0 saturated heterocycles. The van der Waals surface area contributed by atoms with Crippen molar-refractivity contribution < 1.29 is 4.79 Å². The van der Waals surface area contributed by atoms with Crippen molar-refractivity contribution in [2.45, 2.75) is 19.4 Å². The van der Waals surface area contributed by atoms with E-state index in [9.17, 15) is 4.79 Å². The highest BCUT2D eigenvalue weighted by atomic mass is 16.1. The maximum atomic E-state index is 12.1. The lowest BCUT2D eigenvalue weighted by Gasteiger charge is -2.16. The second kappa shape index (κ2) is 5.84. The number of carbonyl (C=O) groups is 1. The summed E-state index contributed by atoms with van der Waals surface area (Å²) >= 11 is 0. The summed E-state index contributed by atoms with van der Waals surface area (Å²) in [5, 5.41) is 10.8. The summed E-state index contributed by atoms with van der Waals surface area (Å²) in [5.74, 6) is -0.0391. The molecule has 0 bridgehead atoms. The predicted octanol–water partition coefficient (Wildman–Crippen LogP) is 1.63. The number of amides is 1. The highest BCUT2D eigenvalue weighted by molar-refractivity contribution is 5.97. The summed E-state index contributed by atoms with van der Waals surface area (Å²) in [6, 6.07) is 5.72. The van der Waals surface area contributed by atoms with Crippen molar-refractivity contribution in [1.29, 1.82) is 0 Å². The Hall–Kier alpha value is -1.88. The first-order chi connectivity index (χ1) is 9.06. The molecule has 0 spiro atoms. The molecule has 0 radical (unpaired) electrons. The Balaban J connectivity index is 1.98. The number of hydrogen-bond acceptors (Lipinski definition) is 3. The SMILES string of the molecule is CC(CCN(C)C)NC(=O)c1ccc2cn[nH]c2c1. The second-order valence-corrected chi connectivity index (χ2v) is 5.14. The number of aromatic amines is 1. The van der Waals surface area contributed by atoms with Gasteiger partial charge >= 0.3 is 0 Å². The van der Waals surface area contributed by atoms with Gasteiger partial charge in [0.1, 0.15) is 0 Å². The first-order valence-corrected chi connectivity index (χ1v) is 6.45. The lowest BCUT2D eigenvalue weighted by Crippen LogP contribution is -2.34. The monoisotopic (exact) mass is 260 g/mol. The van der Waals surface area contributed by atoms with Crippen molar-refractivity contribution in [3.05, 3.63) is 30.0 Å². The fourth-order valence-corrected chi connectivity index (χ4v) is 1.91. The molecule has 0 saturated carbocycles. The summed E-state index contributed by atoms with van der Waals surface area (Å²) in [7, 11) is 4.06. The lowest BCUT2D eigenvalue weighted by molar-refractivity contribution is 0.0937. The molecule has 1 aromatic heterocycles. The highest BCUT2D eigenvalue weighted by Crippen LogP contribution is 2.12. The third kappa shape index (κ3) is 3.54. The summed E-state index contributed by atoms with van der Waals surface area (Å²) in [5.41, 5.74) is 1.54. The number of fused-ring (bicyclic) bond motifs is 1. The molecule has 1 amide bonds. The molecular formula is C14H20N4O. The van der Waals surface area contributed by atoms with Gasteiger partial charge in [-0.05, 0) is 46.1 Å². The van der Waals surface area contributed by atoms with Crippen molar-refractivity contribution in [3.63, 3.8) is 0 Å². The van der Waals surface area contributed by atoms with Gasteiger partial charge in [-0.2, -0.15) is 5.10 Å². The third-order valence-electron chi connectivity index (χ3n) is 3.09. The molecule has 0 aliphatic carbocycles. The Morgan fingerprint density at radius 3 is 3.00 bits per heavy atom. The molecule has 2 rings (SSSR count). The van der Waals surface area contributed by atoms with E-state index in [4.69, 9.17) is 0 Å². The van der Waals surface area contributed by atoms with Gasteiger partial charge in [0.15, 0.2) is 0 Å². The Kier molecular flexibility index (Phi) is 4.16. The molecule has 0 fully saturated rings. The van der Waals surface area contributed by atoms with Crippen LogP contribution in [0.25, 0.3) is 10.9 Å². The Morgan fingerprint density at radius 2 is 2.26 bits per heavy atom. The van der Waals surface area contributed by atoms with Crippen molar-refractivity contribution in [2.75, 3.05) is 20.6 Å². The van der Waals surface area contributed by atoms with Crippen molar-refractivity contribution in [2.24, 2.45) is 0 Å². The zero-order valence-corrected chi connectivity index (χ0v) is 11.6. The Bertz CT molecular complexity index is 561. The molecule has 2 aromatic rings. The third-order valence-corrected chi connectivity index (χ3v) is 3.09. The quantitative estimate of drug-likeness (QED) is 0.859. The number of carbonyl (C=O) groups excluding carboxylic acids is 1. The van der Waals surface area contributed by atoms with E-state index in [2.05, 4.69) is 20.4 Å². The number of aromatic nitrogens is 2. The van der Waals surface area contributed by atoms with Crippen LogP contribution in [0.15, 0.2) is 24.4 Å². The number of H-pyrrole nitrogens is 1. The average molecular weight is 260 g/mol. The van der Waals surface area contributed by atoms with Crippen LogP contribution in [0.4, 0.5) is 0 Å². The first kappa shape index (κ1) is 13.5. The molecule has 2 N–H and O–H groups in total. The van der Waals surface area contributed by atoms with E-state index in [-0.39, 0.29) is 11.9 Å². The van der Waals surface area contributed by atoms with Crippen molar-refractivity contribution in [1.82, 2.24) is 20.4 Å². The summed E-state index contributed by atoms with van der Waals surface area (Å²) in [6.07, 6.45) is 2.68. The zero-order valence-electron chi connectivity index (χ0n) is 11.6. The normalized spacial score (nSPS) is 12.8. The number of hydrogen-bond donors (Lipinski definition) is 2. The van der Waals surface area contributed by atoms with Gasteiger partial charge in [-0.1, -0.05) is 6.07 Å². The number of rotatable bonds is 5. The van der Waals surface area contributed by atoms with E-state index in [1.807, 2.05) is 39.2 Å². The standard InChI is InChI=1S/C14H20N4O/c1-10(6-7-18(2)3)16-14(19)11-4-5-12-9-15-17-13(12)8-11/h4-5,8-10H,6-7H2,1-3H3,(H,15,17)(H,16,19). The van der Waals surface area contributed by atoms with Crippen LogP contribution in [0.5, 0.6) is 0 Å². The van der Waals surface area contributed by atoms with Crippen LogP contribution < -0.4 is 5.32 Å². The largest absolute Gasteiger partial charge is 0.350 e. The molecule has 1 heterocycles. The molecule has 1 atom stereocenters. The van der Waals surface area contributed by atoms with Crippen LogP contribution in [0.2, 0.25) is 0 Å². The van der Waals surface area contributed by atoms with Crippen LogP contribution in [-0.4, -0.2) is 47.7 Å². The number of nitrogens with one attached hydrogen (secondary N) is 2. The van der Waals surface area contributed by atoms with Crippen LogP contribution in [0.1, 0.15) is 23.7 Å². The Morgan fingerprint density at radius 1 is 1.47 bits per heavy atom. The minimum absolute atomic E-state index is 0.0391. The maximum Gasteiger partial charge on any atom is 0.251 e. The molecule has 1 aromatic carbocycles. The highest BCUT2D eigenvalue weighted by Gasteiger charge is 2.10. The van der Waals surface area contributed by atoms with Gasteiger partial charge in [0.2, 0.25) is 0 Å². The van der Waals surface area contributed by atoms with Crippen molar-refractivity contribution in [3.8, 4) is 0 Å². The minimum atomic E-state index is -0.0391. The van der Waals surface area contributed by atoms with Crippen molar-refractivity contribution >= 4 is 16.8 Å². The van der Waals surface area contributed by atoms with E-state index in [1.165, 1.54) is 0 Å². The lowest BCUT2D eigenvalue weighted by atomic mass is 10.1. The summed E-state index contributed by atoms with van der Waals surface area (Å²) in [4.78, 5) is 14.2. The minimum Gasteiger partial charge on any atom is -0.350 e. The fourth-order valence-electron chi connectivity index (χ4n) is 1.91. The maximum absolute atomic E-state index is 12.1. The molecular weight excluding hydrogens is 240 g/mol. The Labute approximate surface area is 113 Å². The van der Waals surface area contributed by atoms with Gasteiger partial charge in [-0.25, -0.2) is 0 Å².